The number of aromatic nitrogens is 1. The van der Waals surface area contributed by atoms with Crippen LogP contribution in [0.5, 0.6) is 0 Å². The predicted octanol–water partition coefficient (Wildman–Crippen LogP) is 1.58. The Balaban J connectivity index is 1.76. The molecule has 0 amide bonds. The number of aliphatic carboxylic acids is 1. The fourth-order valence-corrected chi connectivity index (χ4v) is 2.60. The molecule has 6 heteroatoms. The van der Waals surface area contributed by atoms with Crippen molar-refractivity contribution in [2.45, 2.75) is 0 Å². The number of pyridine rings is 1. The topological polar surface area (TPSA) is 56.7 Å². The number of fused-ring (bicyclic) bond motifs is 1. The van der Waals surface area contributed by atoms with Crippen LogP contribution in [0.2, 0.25) is 0 Å². The first-order valence-electron chi connectivity index (χ1n) is 6.88. The van der Waals surface area contributed by atoms with E-state index in [9.17, 15) is 9.18 Å². The van der Waals surface area contributed by atoms with Gasteiger partial charge in [-0.2, -0.15) is 0 Å². The number of anilines is 1. The van der Waals surface area contributed by atoms with E-state index in [1.54, 1.807) is 6.07 Å². The summed E-state index contributed by atoms with van der Waals surface area (Å²) in [5, 5.41) is 9.57. The van der Waals surface area contributed by atoms with Crippen molar-refractivity contribution in [2.24, 2.45) is 0 Å². The Labute approximate surface area is 121 Å². The molecular formula is C15H16FN3O2. The van der Waals surface area contributed by atoms with E-state index in [-0.39, 0.29) is 12.4 Å². The first kappa shape index (κ1) is 13.8. The number of para-hydroxylation sites is 1. The minimum absolute atomic E-state index is 0.0631. The van der Waals surface area contributed by atoms with Crippen molar-refractivity contribution in [3.05, 3.63) is 36.1 Å². The van der Waals surface area contributed by atoms with Gasteiger partial charge >= 0.3 is 5.97 Å². The number of piperazine rings is 1. The molecule has 1 aliphatic rings. The minimum atomic E-state index is -0.811. The molecule has 1 fully saturated rings. The van der Waals surface area contributed by atoms with E-state index in [4.69, 9.17) is 5.11 Å². The Morgan fingerprint density at radius 1 is 1.19 bits per heavy atom. The van der Waals surface area contributed by atoms with Crippen LogP contribution in [0.15, 0.2) is 30.3 Å². The summed E-state index contributed by atoms with van der Waals surface area (Å²) in [4.78, 5) is 19.0. The fraction of sp³-hybridized carbons (Fsp3) is 0.333. The molecule has 1 aromatic heterocycles. The fourth-order valence-electron chi connectivity index (χ4n) is 2.60. The van der Waals surface area contributed by atoms with Crippen LogP contribution < -0.4 is 4.90 Å². The molecule has 0 spiro atoms. The predicted molar refractivity (Wildman–Crippen MR) is 78.0 cm³/mol. The zero-order chi connectivity index (χ0) is 14.8. The number of carboxylic acids is 1. The van der Waals surface area contributed by atoms with E-state index in [1.165, 1.54) is 6.07 Å². The Bertz CT molecular complexity index is 669. The Morgan fingerprint density at radius 2 is 1.95 bits per heavy atom. The van der Waals surface area contributed by atoms with Gasteiger partial charge in [-0.1, -0.05) is 12.1 Å². The lowest BCUT2D eigenvalue weighted by Crippen LogP contribution is -2.48. The molecule has 1 aromatic carbocycles. The summed E-state index contributed by atoms with van der Waals surface area (Å²) in [7, 11) is 0. The average Bonchev–Trinajstić information content (AvgIpc) is 2.48. The van der Waals surface area contributed by atoms with Crippen LogP contribution in [0.4, 0.5) is 10.2 Å². The number of hydrogen-bond donors (Lipinski definition) is 1. The van der Waals surface area contributed by atoms with Gasteiger partial charge in [0.25, 0.3) is 0 Å². The third kappa shape index (κ3) is 2.95. The first-order valence-corrected chi connectivity index (χ1v) is 6.88. The van der Waals surface area contributed by atoms with Gasteiger partial charge in [0.15, 0.2) is 0 Å². The van der Waals surface area contributed by atoms with E-state index >= 15 is 0 Å². The van der Waals surface area contributed by atoms with Crippen molar-refractivity contribution in [2.75, 3.05) is 37.6 Å². The third-order valence-corrected chi connectivity index (χ3v) is 3.71. The van der Waals surface area contributed by atoms with Gasteiger partial charge in [-0.25, -0.2) is 9.37 Å². The highest BCUT2D eigenvalue weighted by molar-refractivity contribution is 5.80. The van der Waals surface area contributed by atoms with Crippen molar-refractivity contribution >= 4 is 22.7 Å². The van der Waals surface area contributed by atoms with Gasteiger partial charge < -0.3 is 10.0 Å². The van der Waals surface area contributed by atoms with Crippen LogP contribution in [0.1, 0.15) is 0 Å². The molecule has 0 radical (unpaired) electrons. The lowest BCUT2D eigenvalue weighted by molar-refractivity contribution is -0.138. The van der Waals surface area contributed by atoms with Crippen molar-refractivity contribution in [3.8, 4) is 0 Å². The molecule has 3 rings (SSSR count). The van der Waals surface area contributed by atoms with Gasteiger partial charge in [0.2, 0.25) is 0 Å². The Morgan fingerprint density at radius 3 is 2.67 bits per heavy atom. The maximum Gasteiger partial charge on any atom is 0.317 e. The normalized spacial score (nSPS) is 16.3. The average molecular weight is 289 g/mol. The van der Waals surface area contributed by atoms with Crippen LogP contribution in [0.25, 0.3) is 10.9 Å². The molecule has 0 saturated carbocycles. The third-order valence-electron chi connectivity index (χ3n) is 3.71. The van der Waals surface area contributed by atoms with Gasteiger partial charge in [-0.05, 0) is 18.2 Å². The number of rotatable bonds is 3. The second kappa shape index (κ2) is 5.65. The highest BCUT2D eigenvalue weighted by Gasteiger charge is 2.19. The summed E-state index contributed by atoms with van der Waals surface area (Å²) >= 11 is 0. The molecule has 1 saturated heterocycles. The van der Waals surface area contributed by atoms with Crippen LogP contribution in [0.3, 0.4) is 0 Å². The van der Waals surface area contributed by atoms with Gasteiger partial charge in [-0.3, -0.25) is 9.69 Å². The van der Waals surface area contributed by atoms with Crippen molar-refractivity contribution in [1.29, 1.82) is 0 Å². The summed E-state index contributed by atoms with van der Waals surface area (Å²) in [5.41, 5.74) is 0.378. The summed E-state index contributed by atoms with van der Waals surface area (Å²) in [6.45, 7) is 2.79. The number of hydrogen-bond acceptors (Lipinski definition) is 4. The van der Waals surface area contributed by atoms with E-state index in [0.29, 0.717) is 31.7 Å². The molecule has 1 aliphatic heterocycles. The smallest absolute Gasteiger partial charge is 0.317 e. The van der Waals surface area contributed by atoms with Gasteiger partial charge in [-0.15, -0.1) is 0 Å². The summed E-state index contributed by atoms with van der Waals surface area (Å²) in [6.07, 6.45) is 0. The minimum Gasteiger partial charge on any atom is -0.480 e. The number of carboxylic acid groups (broad SMARTS) is 1. The second-order valence-corrected chi connectivity index (χ2v) is 5.14. The lowest BCUT2D eigenvalue weighted by atomic mass is 10.2. The molecule has 2 heterocycles. The molecule has 0 bridgehead atoms. The van der Waals surface area contributed by atoms with Crippen molar-refractivity contribution < 1.29 is 14.3 Å². The van der Waals surface area contributed by atoms with Gasteiger partial charge in [0.05, 0.1) is 6.54 Å². The van der Waals surface area contributed by atoms with Crippen molar-refractivity contribution in [1.82, 2.24) is 9.88 Å². The largest absolute Gasteiger partial charge is 0.480 e. The lowest BCUT2D eigenvalue weighted by Gasteiger charge is -2.34. The molecule has 110 valence electrons. The highest BCUT2D eigenvalue weighted by Crippen LogP contribution is 2.21. The number of benzene rings is 1. The quantitative estimate of drug-likeness (QED) is 0.929. The SMILES string of the molecule is O=C(O)CN1CCN(c2ccc3cccc(F)c3n2)CC1. The molecule has 0 atom stereocenters. The second-order valence-electron chi connectivity index (χ2n) is 5.14. The van der Waals surface area contributed by atoms with E-state index in [0.717, 1.165) is 11.2 Å². The van der Waals surface area contributed by atoms with Crippen molar-refractivity contribution in [3.63, 3.8) is 0 Å². The van der Waals surface area contributed by atoms with Gasteiger partial charge in [0.1, 0.15) is 17.2 Å². The van der Waals surface area contributed by atoms with Crippen LogP contribution in [0, 0.1) is 5.82 Å². The molecule has 2 aromatic rings. The molecular weight excluding hydrogens is 273 g/mol. The molecule has 0 aliphatic carbocycles. The molecule has 1 N–H and O–H groups in total. The molecule has 0 unspecified atom stereocenters. The number of carbonyl (C=O) groups is 1. The van der Waals surface area contributed by atoms with Gasteiger partial charge in [0, 0.05) is 31.6 Å². The monoisotopic (exact) mass is 289 g/mol. The summed E-state index contributed by atoms with van der Waals surface area (Å²) in [6, 6.07) is 8.66. The number of nitrogens with zero attached hydrogens (tertiary/aromatic N) is 3. The summed E-state index contributed by atoms with van der Waals surface area (Å²) in [5.74, 6) is -0.393. The van der Waals surface area contributed by atoms with Crippen LogP contribution >= 0.6 is 0 Å². The maximum atomic E-state index is 13.8. The molecule has 5 nitrogen and oxygen atoms in total. The Kier molecular flexibility index (Phi) is 3.70. The maximum absolute atomic E-state index is 13.8. The summed E-state index contributed by atoms with van der Waals surface area (Å²) < 4.78 is 13.8. The molecule has 21 heavy (non-hydrogen) atoms. The zero-order valence-corrected chi connectivity index (χ0v) is 11.5. The van der Waals surface area contributed by atoms with Crippen LogP contribution in [-0.2, 0) is 4.79 Å². The van der Waals surface area contributed by atoms with E-state index in [1.807, 2.05) is 23.1 Å². The first-order chi connectivity index (χ1) is 10.1. The van der Waals surface area contributed by atoms with E-state index < -0.39 is 5.97 Å². The Hall–Kier alpha value is -2.21. The van der Waals surface area contributed by atoms with Crippen LogP contribution in [-0.4, -0.2) is 53.7 Å². The standard InChI is InChI=1S/C15H16FN3O2/c16-12-3-1-2-11-4-5-13(17-15(11)12)19-8-6-18(7-9-19)10-14(20)21/h1-5H,6-10H2,(H,20,21). The zero-order valence-electron chi connectivity index (χ0n) is 11.5. The number of halogens is 1. The van der Waals surface area contributed by atoms with E-state index in [2.05, 4.69) is 9.88 Å². The highest BCUT2D eigenvalue weighted by atomic mass is 19.1.